The molecular formula is C30H34Cl2N4O2. The van der Waals surface area contributed by atoms with Gasteiger partial charge in [0.2, 0.25) is 0 Å². The predicted octanol–water partition coefficient (Wildman–Crippen LogP) is 7.29. The molecule has 0 unspecified atom stereocenters. The fourth-order valence-electron chi connectivity index (χ4n) is 5.77. The van der Waals surface area contributed by atoms with E-state index >= 15 is 0 Å². The van der Waals surface area contributed by atoms with Gasteiger partial charge in [0.05, 0.1) is 28.9 Å². The number of fused-ring (bicyclic) bond motifs is 3. The van der Waals surface area contributed by atoms with Crippen LogP contribution in [0.1, 0.15) is 64.9 Å². The summed E-state index contributed by atoms with van der Waals surface area (Å²) in [7, 11) is 1.95. The molecule has 1 amide bonds. The number of amides is 1. The number of aromatic nitrogens is 3. The Bertz CT molecular complexity index is 1560. The Hall–Kier alpha value is -2.96. The molecule has 2 atom stereocenters. The fraction of sp³-hybridized carbons (Fsp3) is 0.400. The van der Waals surface area contributed by atoms with Crippen molar-refractivity contribution in [2.75, 3.05) is 6.61 Å². The Balaban J connectivity index is 1.59. The van der Waals surface area contributed by atoms with Crippen molar-refractivity contribution in [3.05, 3.63) is 68.1 Å². The van der Waals surface area contributed by atoms with Crippen LogP contribution in [-0.4, -0.2) is 32.9 Å². The standard InChI is InChI=1S/C30H34Cl2N4O2/c1-15-13-21(14-16(2)27(15)32)38-12-8-9-22-23-10-11-24(31)26(25-18(4)34-35(7)20(25)6)28(23)36-19(5)17(3)33-30(37)29(22)36/h10-11,13-14,17,19H,8-9,12H2,1-7H3,(H,33,37)/t17-,19-/m1/s1. The molecule has 4 aromatic rings. The molecule has 0 bridgehead atoms. The smallest absolute Gasteiger partial charge is 0.268 e. The number of benzene rings is 2. The van der Waals surface area contributed by atoms with Gasteiger partial charge in [-0.15, -0.1) is 0 Å². The van der Waals surface area contributed by atoms with E-state index in [1.54, 1.807) is 0 Å². The maximum absolute atomic E-state index is 13.4. The monoisotopic (exact) mass is 552 g/mol. The highest BCUT2D eigenvalue weighted by Crippen LogP contribution is 2.44. The van der Waals surface area contributed by atoms with Crippen molar-refractivity contribution in [3.63, 3.8) is 0 Å². The summed E-state index contributed by atoms with van der Waals surface area (Å²) in [5, 5.41) is 10.3. The van der Waals surface area contributed by atoms with E-state index in [1.165, 1.54) is 0 Å². The minimum atomic E-state index is -0.0478. The summed E-state index contributed by atoms with van der Waals surface area (Å²) in [6.45, 7) is 12.8. The molecule has 1 N–H and O–H groups in total. The van der Waals surface area contributed by atoms with Crippen molar-refractivity contribution >= 4 is 40.0 Å². The molecule has 38 heavy (non-hydrogen) atoms. The van der Waals surface area contributed by atoms with E-state index in [4.69, 9.17) is 27.9 Å². The zero-order valence-electron chi connectivity index (χ0n) is 23.0. The maximum Gasteiger partial charge on any atom is 0.268 e. The van der Waals surface area contributed by atoms with E-state index in [0.717, 1.165) is 67.3 Å². The average Bonchev–Trinajstić information content (AvgIpc) is 3.32. The first-order chi connectivity index (χ1) is 18.0. The molecule has 0 aliphatic carbocycles. The highest BCUT2D eigenvalue weighted by molar-refractivity contribution is 6.35. The first-order valence-corrected chi connectivity index (χ1v) is 13.8. The van der Waals surface area contributed by atoms with Crippen LogP contribution in [0.25, 0.3) is 22.0 Å². The second-order valence-corrected chi connectivity index (χ2v) is 11.3. The molecule has 1 aliphatic rings. The molecule has 2 aromatic heterocycles. The van der Waals surface area contributed by atoms with Crippen LogP contribution in [-0.2, 0) is 13.5 Å². The van der Waals surface area contributed by atoms with E-state index in [1.807, 2.05) is 57.6 Å². The Morgan fingerprint density at radius 1 is 1.05 bits per heavy atom. The normalized spacial score (nSPS) is 17.1. The van der Waals surface area contributed by atoms with Crippen molar-refractivity contribution in [1.82, 2.24) is 19.7 Å². The van der Waals surface area contributed by atoms with E-state index in [2.05, 4.69) is 34.9 Å². The second kappa shape index (κ2) is 9.97. The van der Waals surface area contributed by atoms with Crippen molar-refractivity contribution in [2.24, 2.45) is 7.05 Å². The Morgan fingerprint density at radius 3 is 2.37 bits per heavy atom. The molecule has 6 nitrogen and oxygen atoms in total. The number of carbonyl (C=O) groups is 1. The minimum absolute atomic E-state index is 0.0129. The van der Waals surface area contributed by atoms with Crippen LogP contribution in [0, 0.1) is 27.7 Å². The summed E-state index contributed by atoms with van der Waals surface area (Å²) in [6, 6.07) is 7.98. The first-order valence-electron chi connectivity index (χ1n) is 13.1. The van der Waals surface area contributed by atoms with Crippen LogP contribution in [0.15, 0.2) is 24.3 Å². The van der Waals surface area contributed by atoms with Gasteiger partial charge in [-0.05, 0) is 89.3 Å². The minimum Gasteiger partial charge on any atom is -0.494 e. The van der Waals surface area contributed by atoms with Crippen molar-refractivity contribution in [1.29, 1.82) is 0 Å². The van der Waals surface area contributed by atoms with Crippen molar-refractivity contribution < 1.29 is 9.53 Å². The van der Waals surface area contributed by atoms with Crippen LogP contribution in [0.4, 0.5) is 0 Å². The van der Waals surface area contributed by atoms with Gasteiger partial charge in [0.1, 0.15) is 11.4 Å². The quantitative estimate of drug-likeness (QED) is 0.255. The molecule has 0 radical (unpaired) electrons. The summed E-state index contributed by atoms with van der Waals surface area (Å²) in [5.74, 6) is 0.762. The second-order valence-electron chi connectivity index (χ2n) is 10.5. The van der Waals surface area contributed by atoms with Gasteiger partial charge < -0.3 is 14.6 Å². The lowest BCUT2D eigenvalue weighted by Crippen LogP contribution is -2.45. The number of nitrogens with zero attached hydrogens (tertiary/aromatic N) is 3. The first kappa shape index (κ1) is 26.6. The molecule has 0 spiro atoms. The molecule has 200 valence electrons. The van der Waals surface area contributed by atoms with Gasteiger partial charge in [0, 0.05) is 40.3 Å². The highest BCUT2D eigenvalue weighted by atomic mass is 35.5. The van der Waals surface area contributed by atoms with E-state index in [-0.39, 0.29) is 18.0 Å². The van der Waals surface area contributed by atoms with Gasteiger partial charge in [-0.3, -0.25) is 9.48 Å². The van der Waals surface area contributed by atoms with E-state index in [9.17, 15) is 4.79 Å². The molecule has 8 heteroatoms. The topological polar surface area (TPSA) is 61.1 Å². The van der Waals surface area contributed by atoms with Crippen LogP contribution in [0.2, 0.25) is 10.0 Å². The van der Waals surface area contributed by atoms with Crippen molar-refractivity contribution in [2.45, 2.75) is 66.5 Å². The lowest BCUT2D eigenvalue weighted by Gasteiger charge is -2.31. The summed E-state index contributed by atoms with van der Waals surface area (Å²) in [6.07, 6.45) is 1.46. The number of carbonyl (C=O) groups excluding carboxylic acids is 1. The largest absolute Gasteiger partial charge is 0.494 e. The zero-order valence-corrected chi connectivity index (χ0v) is 24.5. The van der Waals surface area contributed by atoms with E-state index < -0.39 is 0 Å². The number of ether oxygens (including phenoxy) is 1. The zero-order chi connectivity index (χ0) is 27.5. The van der Waals surface area contributed by atoms with Crippen LogP contribution in [0.3, 0.4) is 0 Å². The van der Waals surface area contributed by atoms with Crippen LogP contribution >= 0.6 is 23.2 Å². The number of hydrogen-bond acceptors (Lipinski definition) is 3. The van der Waals surface area contributed by atoms with Crippen LogP contribution in [0.5, 0.6) is 5.75 Å². The van der Waals surface area contributed by atoms with E-state index in [0.29, 0.717) is 23.7 Å². The molecule has 1 aliphatic heterocycles. The summed E-state index contributed by atoms with van der Waals surface area (Å²) in [5.41, 5.74) is 8.66. The molecule has 3 heterocycles. The molecule has 2 aromatic carbocycles. The van der Waals surface area contributed by atoms with Gasteiger partial charge in [-0.2, -0.15) is 5.10 Å². The Morgan fingerprint density at radius 2 is 1.74 bits per heavy atom. The fourth-order valence-corrected chi connectivity index (χ4v) is 6.13. The molecule has 0 fully saturated rings. The third-order valence-electron chi connectivity index (χ3n) is 7.93. The lowest BCUT2D eigenvalue weighted by molar-refractivity contribution is 0.0890. The van der Waals surface area contributed by atoms with Gasteiger partial charge in [-0.1, -0.05) is 29.3 Å². The van der Waals surface area contributed by atoms with Gasteiger partial charge in [0.15, 0.2) is 0 Å². The molecular weight excluding hydrogens is 519 g/mol. The Kier molecular flexibility index (Phi) is 6.99. The SMILES string of the molecule is Cc1cc(OCCCc2c3n(c4c(-c5c(C)nn(C)c5C)c(Cl)ccc24)[C@H](C)[C@@H](C)NC3=O)cc(C)c1Cl. The molecule has 0 saturated carbocycles. The average molecular weight is 554 g/mol. The van der Waals surface area contributed by atoms with Gasteiger partial charge in [0.25, 0.3) is 5.91 Å². The summed E-state index contributed by atoms with van der Waals surface area (Å²) >= 11 is 13.2. The third-order valence-corrected chi connectivity index (χ3v) is 8.84. The number of nitrogens with one attached hydrogen (secondary N) is 1. The number of rotatable bonds is 6. The summed E-state index contributed by atoms with van der Waals surface area (Å²) < 4.78 is 10.2. The number of aryl methyl sites for hydroxylation is 5. The predicted molar refractivity (Wildman–Crippen MR) is 155 cm³/mol. The molecule has 0 saturated heterocycles. The number of halogens is 2. The highest BCUT2D eigenvalue weighted by Gasteiger charge is 2.35. The molecule has 5 rings (SSSR count). The van der Waals surface area contributed by atoms with Gasteiger partial charge >= 0.3 is 0 Å². The van der Waals surface area contributed by atoms with Crippen molar-refractivity contribution in [3.8, 4) is 16.9 Å². The lowest BCUT2D eigenvalue weighted by atomic mass is 9.98. The van der Waals surface area contributed by atoms with Crippen LogP contribution < -0.4 is 10.1 Å². The Labute approximate surface area is 233 Å². The third kappa shape index (κ3) is 4.28. The maximum atomic E-state index is 13.4. The van der Waals surface area contributed by atoms with Gasteiger partial charge in [-0.25, -0.2) is 0 Å². The number of hydrogen-bond donors (Lipinski definition) is 1. The summed E-state index contributed by atoms with van der Waals surface area (Å²) in [4.78, 5) is 13.4.